The minimum absolute atomic E-state index is 0.407. The summed E-state index contributed by atoms with van der Waals surface area (Å²) in [5, 5.41) is 3.57. The average Bonchev–Trinajstić information content (AvgIpc) is 2.39. The highest BCUT2D eigenvalue weighted by Gasteiger charge is 2.19. The molecule has 1 aliphatic rings. The third-order valence-electron chi connectivity index (χ3n) is 3.58. The van der Waals surface area contributed by atoms with E-state index in [-0.39, 0.29) is 0 Å². The Kier molecular flexibility index (Phi) is 3.01. The van der Waals surface area contributed by atoms with Crippen LogP contribution in [-0.4, -0.2) is 4.98 Å². The first-order valence-corrected chi connectivity index (χ1v) is 6.61. The summed E-state index contributed by atoms with van der Waals surface area (Å²) in [5.74, 6) is 0.983. The molecule has 92 valence electrons. The molecule has 0 spiro atoms. The van der Waals surface area contributed by atoms with E-state index in [1.165, 1.54) is 30.4 Å². The topological polar surface area (TPSA) is 24.9 Å². The van der Waals surface area contributed by atoms with Gasteiger partial charge in [-0.1, -0.05) is 30.3 Å². The lowest BCUT2D eigenvalue weighted by molar-refractivity contribution is 0.598. The molecule has 18 heavy (non-hydrogen) atoms. The van der Waals surface area contributed by atoms with Crippen molar-refractivity contribution in [2.45, 2.75) is 32.2 Å². The number of fused-ring (bicyclic) bond motifs is 1. The van der Waals surface area contributed by atoms with Crippen LogP contribution in [0.4, 0.5) is 5.82 Å². The molecular formula is C16H18N2. The van der Waals surface area contributed by atoms with Gasteiger partial charge in [0.05, 0.1) is 6.04 Å². The number of nitrogens with zero attached hydrogens (tertiary/aromatic N) is 1. The summed E-state index contributed by atoms with van der Waals surface area (Å²) in [4.78, 5) is 4.53. The van der Waals surface area contributed by atoms with Gasteiger partial charge in [0.25, 0.3) is 0 Å². The lowest BCUT2D eigenvalue weighted by atomic mass is 9.88. The maximum atomic E-state index is 4.53. The van der Waals surface area contributed by atoms with E-state index in [0.29, 0.717) is 6.04 Å². The number of benzene rings is 1. The second-order valence-corrected chi connectivity index (χ2v) is 4.95. The van der Waals surface area contributed by atoms with E-state index >= 15 is 0 Å². The van der Waals surface area contributed by atoms with Crippen LogP contribution in [0.25, 0.3) is 0 Å². The lowest BCUT2D eigenvalue weighted by Crippen LogP contribution is -2.17. The van der Waals surface area contributed by atoms with Crippen molar-refractivity contribution in [1.82, 2.24) is 4.98 Å². The maximum Gasteiger partial charge on any atom is 0.126 e. The summed E-state index contributed by atoms with van der Waals surface area (Å²) in [6.45, 7) is 2.03. The first-order valence-electron chi connectivity index (χ1n) is 6.61. The minimum atomic E-state index is 0.407. The molecule has 0 aliphatic heterocycles. The van der Waals surface area contributed by atoms with Crippen molar-refractivity contribution in [3.8, 4) is 0 Å². The van der Waals surface area contributed by atoms with Gasteiger partial charge in [-0.15, -0.1) is 0 Å². The maximum absolute atomic E-state index is 4.53. The summed E-state index contributed by atoms with van der Waals surface area (Å²) in [5.41, 5.74) is 3.98. The molecule has 1 aromatic heterocycles. The highest BCUT2D eigenvalue weighted by Crippen LogP contribution is 2.31. The van der Waals surface area contributed by atoms with Crippen molar-refractivity contribution in [3.63, 3.8) is 0 Å². The first-order chi connectivity index (χ1) is 8.83. The number of hydrogen-bond donors (Lipinski definition) is 1. The molecule has 1 aliphatic carbocycles. The van der Waals surface area contributed by atoms with Crippen LogP contribution in [-0.2, 0) is 6.42 Å². The molecule has 2 heteroatoms. The molecule has 0 bridgehead atoms. The van der Waals surface area contributed by atoms with Gasteiger partial charge in [0, 0.05) is 5.69 Å². The van der Waals surface area contributed by atoms with Crippen molar-refractivity contribution in [2.24, 2.45) is 0 Å². The third-order valence-corrected chi connectivity index (χ3v) is 3.58. The number of pyridine rings is 1. The smallest absolute Gasteiger partial charge is 0.126 e. The normalized spacial score (nSPS) is 18.2. The van der Waals surface area contributed by atoms with Gasteiger partial charge >= 0.3 is 0 Å². The van der Waals surface area contributed by atoms with Crippen LogP contribution < -0.4 is 5.32 Å². The number of hydrogen-bond acceptors (Lipinski definition) is 2. The van der Waals surface area contributed by atoms with Gasteiger partial charge in [-0.25, -0.2) is 4.98 Å². The van der Waals surface area contributed by atoms with Crippen LogP contribution in [0.1, 0.15) is 35.7 Å². The molecule has 1 atom stereocenters. The number of anilines is 1. The summed E-state index contributed by atoms with van der Waals surface area (Å²) in [7, 11) is 0. The van der Waals surface area contributed by atoms with Crippen molar-refractivity contribution in [3.05, 3.63) is 59.3 Å². The Morgan fingerprint density at radius 1 is 1.11 bits per heavy atom. The molecule has 3 rings (SSSR count). The lowest BCUT2D eigenvalue weighted by Gasteiger charge is -2.26. The fourth-order valence-electron chi connectivity index (χ4n) is 2.71. The summed E-state index contributed by atoms with van der Waals surface area (Å²) < 4.78 is 0. The Labute approximate surface area is 108 Å². The van der Waals surface area contributed by atoms with Crippen LogP contribution in [0, 0.1) is 6.92 Å². The van der Waals surface area contributed by atoms with E-state index < -0.39 is 0 Å². The fraction of sp³-hybridized carbons (Fsp3) is 0.312. The second kappa shape index (κ2) is 4.81. The molecule has 0 saturated carbocycles. The summed E-state index contributed by atoms with van der Waals surface area (Å²) in [6, 6.07) is 15.3. The molecule has 2 aromatic rings. The summed E-state index contributed by atoms with van der Waals surface area (Å²) >= 11 is 0. The van der Waals surface area contributed by atoms with Gasteiger partial charge in [-0.2, -0.15) is 0 Å². The van der Waals surface area contributed by atoms with E-state index in [2.05, 4.69) is 40.6 Å². The molecule has 0 fully saturated rings. The van der Waals surface area contributed by atoms with E-state index in [0.717, 1.165) is 11.5 Å². The van der Waals surface area contributed by atoms with Crippen LogP contribution >= 0.6 is 0 Å². The van der Waals surface area contributed by atoms with Crippen molar-refractivity contribution >= 4 is 5.82 Å². The predicted octanol–water partition coefficient (Wildman–Crippen LogP) is 3.88. The predicted molar refractivity (Wildman–Crippen MR) is 74.7 cm³/mol. The monoisotopic (exact) mass is 238 g/mol. The molecular weight excluding hydrogens is 220 g/mol. The van der Waals surface area contributed by atoms with Gasteiger partial charge in [0.2, 0.25) is 0 Å². The zero-order valence-corrected chi connectivity index (χ0v) is 10.7. The van der Waals surface area contributed by atoms with Gasteiger partial charge in [0.15, 0.2) is 0 Å². The van der Waals surface area contributed by atoms with Crippen LogP contribution in [0.15, 0.2) is 42.5 Å². The molecule has 0 saturated heterocycles. The molecule has 1 N–H and O–H groups in total. The number of rotatable bonds is 2. The third kappa shape index (κ3) is 2.23. The van der Waals surface area contributed by atoms with Crippen molar-refractivity contribution in [1.29, 1.82) is 0 Å². The van der Waals surface area contributed by atoms with Gasteiger partial charge in [-0.05, 0) is 49.4 Å². The fourth-order valence-corrected chi connectivity index (χ4v) is 2.71. The Hall–Kier alpha value is -1.83. The minimum Gasteiger partial charge on any atom is -0.363 e. The standard InChI is InChI=1S/C16H18N2/c1-12-6-4-11-16(17-12)18-15-10-5-8-13-7-2-3-9-14(13)15/h2-4,6-7,9,11,15H,5,8,10H2,1H3,(H,17,18)/t15-/m0/s1. The van der Waals surface area contributed by atoms with E-state index in [9.17, 15) is 0 Å². The Balaban J connectivity index is 1.86. The molecule has 0 amide bonds. The number of aryl methyl sites for hydroxylation is 2. The van der Waals surface area contributed by atoms with Crippen molar-refractivity contribution < 1.29 is 0 Å². The highest BCUT2D eigenvalue weighted by molar-refractivity contribution is 5.42. The second-order valence-electron chi connectivity index (χ2n) is 4.95. The summed E-state index contributed by atoms with van der Waals surface area (Å²) in [6.07, 6.45) is 3.64. The van der Waals surface area contributed by atoms with Crippen LogP contribution in [0.2, 0.25) is 0 Å². The quantitative estimate of drug-likeness (QED) is 0.858. The average molecular weight is 238 g/mol. The van der Waals surface area contributed by atoms with Gasteiger partial charge < -0.3 is 5.32 Å². The van der Waals surface area contributed by atoms with E-state index in [1.807, 2.05) is 19.1 Å². The van der Waals surface area contributed by atoms with Crippen LogP contribution in [0.3, 0.4) is 0 Å². The zero-order chi connectivity index (χ0) is 12.4. The molecule has 0 unspecified atom stereocenters. The van der Waals surface area contributed by atoms with E-state index in [4.69, 9.17) is 0 Å². The Morgan fingerprint density at radius 3 is 2.89 bits per heavy atom. The first kappa shape index (κ1) is 11.3. The Bertz CT molecular complexity index is 548. The molecule has 2 nitrogen and oxygen atoms in total. The number of aromatic nitrogens is 1. The molecule has 0 radical (unpaired) electrons. The largest absolute Gasteiger partial charge is 0.363 e. The molecule has 1 aromatic carbocycles. The zero-order valence-electron chi connectivity index (χ0n) is 10.7. The Morgan fingerprint density at radius 2 is 2.00 bits per heavy atom. The molecule has 1 heterocycles. The SMILES string of the molecule is Cc1cccc(N[C@H]2CCCc3ccccc32)n1. The highest BCUT2D eigenvalue weighted by atomic mass is 15.0. The van der Waals surface area contributed by atoms with E-state index in [1.54, 1.807) is 0 Å². The van der Waals surface area contributed by atoms with Crippen molar-refractivity contribution in [2.75, 3.05) is 5.32 Å². The van der Waals surface area contributed by atoms with Gasteiger partial charge in [-0.3, -0.25) is 0 Å². The van der Waals surface area contributed by atoms with Crippen LogP contribution in [0.5, 0.6) is 0 Å². The van der Waals surface area contributed by atoms with Gasteiger partial charge in [0.1, 0.15) is 5.82 Å². The number of nitrogens with one attached hydrogen (secondary N) is 1.